The molecule has 0 saturated heterocycles. The van der Waals surface area contributed by atoms with Gasteiger partial charge in [0, 0.05) is 13.1 Å². The predicted molar refractivity (Wildman–Crippen MR) is 83.1 cm³/mol. The van der Waals surface area contributed by atoms with E-state index in [1.807, 2.05) is 9.58 Å². The van der Waals surface area contributed by atoms with Crippen molar-refractivity contribution in [3.63, 3.8) is 0 Å². The van der Waals surface area contributed by atoms with Crippen LogP contribution >= 0.6 is 11.8 Å². The van der Waals surface area contributed by atoms with Gasteiger partial charge in [0.05, 0.1) is 11.8 Å². The van der Waals surface area contributed by atoms with Gasteiger partial charge in [0.15, 0.2) is 0 Å². The van der Waals surface area contributed by atoms with Crippen LogP contribution < -0.4 is 0 Å². The number of rotatable bonds is 8. The predicted octanol–water partition coefficient (Wildman–Crippen LogP) is 2.24. The van der Waals surface area contributed by atoms with Crippen LogP contribution in [-0.4, -0.2) is 49.9 Å². The molecule has 0 bridgehead atoms. The minimum Gasteiger partial charge on any atom is -0.341 e. The Morgan fingerprint density at radius 3 is 2.43 bits per heavy atom. The second kappa shape index (κ2) is 7.24. The summed E-state index contributed by atoms with van der Waals surface area (Å²) in [4.78, 5) is 14.4. The molecule has 0 atom stereocenters. The number of carbonyl (C=O) groups excluding carboxylic acids is 1. The fraction of sp³-hybridized carbons (Fsp3) is 0.857. The number of nitrogens with zero attached hydrogens (tertiary/aromatic N) is 5. The van der Waals surface area contributed by atoms with Gasteiger partial charge in [-0.3, -0.25) is 4.79 Å². The van der Waals surface area contributed by atoms with Gasteiger partial charge >= 0.3 is 0 Å². The molecule has 1 aliphatic rings. The third-order valence-electron chi connectivity index (χ3n) is 3.20. The van der Waals surface area contributed by atoms with E-state index in [0.717, 1.165) is 31.1 Å². The highest BCUT2D eigenvalue weighted by molar-refractivity contribution is 7.99. The third-order valence-corrected chi connectivity index (χ3v) is 4.12. The maximum Gasteiger partial charge on any atom is 0.233 e. The number of amides is 1. The van der Waals surface area contributed by atoms with Crippen LogP contribution in [0.2, 0.25) is 0 Å². The van der Waals surface area contributed by atoms with Crippen LogP contribution in [0.25, 0.3) is 0 Å². The molecule has 1 aromatic rings. The van der Waals surface area contributed by atoms with Crippen molar-refractivity contribution >= 4 is 17.7 Å². The van der Waals surface area contributed by atoms with E-state index in [2.05, 4.69) is 43.2 Å². The number of thioether (sulfide) groups is 1. The Balaban J connectivity index is 1.89. The lowest BCUT2D eigenvalue weighted by atomic mass is 10.1. The van der Waals surface area contributed by atoms with E-state index in [1.165, 1.54) is 11.8 Å². The van der Waals surface area contributed by atoms with E-state index in [1.54, 1.807) is 0 Å². The number of hydrogen-bond donors (Lipinski definition) is 0. The fourth-order valence-electron chi connectivity index (χ4n) is 2.21. The first-order valence-electron chi connectivity index (χ1n) is 7.65. The van der Waals surface area contributed by atoms with Crippen LogP contribution in [0.3, 0.4) is 0 Å². The Hall–Kier alpha value is -1.11. The lowest BCUT2D eigenvalue weighted by Gasteiger charge is -2.26. The molecule has 0 spiro atoms. The SMILES string of the molecule is CC(C)CN(CC(C)C)C(=O)CSc1nnnn1C1CC1. The van der Waals surface area contributed by atoms with Crippen LogP contribution in [0.4, 0.5) is 0 Å². The average molecular weight is 311 g/mol. The molecule has 0 unspecified atom stereocenters. The van der Waals surface area contributed by atoms with E-state index in [9.17, 15) is 4.79 Å². The van der Waals surface area contributed by atoms with Gasteiger partial charge in [-0.15, -0.1) is 5.10 Å². The number of aromatic nitrogens is 4. The van der Waals surface area contributed by atoms with Gasteiger partial charge in [0.1, 0.15) is 0 Å². The Kier molecular flexibility index (Phi) is 5.61. The Morgan fingerprint density at radius 1 is 1.29 bits per heavy atom. The highest BCUT2D eigenvalue weighted by atomic mass is 32.2. The minimum atomic E-state index is 0.174. The van der Waals surface area contributed by atoms with Gasteiger partial charge in [-0.1, -0.05) is 39.5 Å². The van der Waals surface area contributed by atoms with Crippen molar-refractivity contribution in [1.82, 2.24) is 25.1 Å². The summed E-state index contributed by atoms with van der Waals surface area (Å²) < 4.78 is 1.85. The van der Waals surface area contributed by atoms with Gasteiger partial charge in [-0.05, 0) is 35.1 Å². The molecule has 1 heterocycles. The van der Waals surface area contributed by atoms with Crippen LogP contribution in [0, 0.1) is 11.8 Å². The van der Waals surface area contributed by atoms with Gasteiger partial charge in [-0.2, -0.15) is 0 Å². The zero-order chi connectivity index (χ0) is 15.4. The molecule has 6 nitrogen and oxygen atoms in total. The summed E-state index contributed by atoms with van der Waals surface area (Å²) in [6.45, 7) is 10.2. The van der Waals surface area contributed by atoms with E-state index >= 15 is 0 Å². The molecule has 2 rings (SSSR count). The summed E-state index contributed by atoms with van der Waals surface area (Å²) in [6.07, 6.45) is 2.28. The van der Waals surface area contributed by atoms with Crippen molar-refractivity contribution in [2.75, 3.05) is 18.8 Å². The smallest absolute Gasteiger partial charge is 0.233 e. The summed E-state index contributed by atoms with van der Waals surface area (Å²) in [7, 11) is 0. The maximum atomic E-state index is 12.4. The summed E-state index contributed by atoms with van der Waals surface area (Å²) in [5.41, 5.74) is 0. The lowest BCUT2D eigenvalue weighted by Crippen LogP contribution is -2.38. The molecule has 1 fully saturated rings. The quantitative estimate of drug-likeness (QED) is 0.689. The molecule has 0 aromatic carbocycles. The molecule has 1 saturated carbocycles. The molecular formula is C14H25N5OS. The third kappa shape index (κ3) is 4.98. The summed E-state index contributed by atoms with van der Waals surface area (Å²) in [6, 6.07) is 0.444. The molecular weight excluding hydrogens is 286 g/mol. The highest BCUT2D eigenvalue weighted by Gasteiger charge is 2.28. The van der Waals surface area contributed by atoms with Gasteiger partial charge in [0.25, 0.3) is 0 Å². The molecule has 1 aromatic heterocycles. The van der Waals surface area contributed by atoms with Crippen molar-refractivity contribution in [1.29, 1.82) is 0 Å². The second-order valence-corrected chi connectivity index (χ2v) is 7.45. The first kappa shape index (κ1) is 16.3. The van der Waals surface area contributed by atoms with Crippen molar-refractivity contribution in [3.8, 4) is 0 Å². The summed E-state index contributed by atoms with van der Waals surface area (Å²) in [5.74, 6) is 1.55. The molecule has 0 N–H and O–H groups in total. The molecule has 21 heavy (non-hydrogen) atoms. The molecule has 1 aliphatic carbocycles. The molecule has 1 amide bonds. The van der Waals surface area contributed by atoms with Crippen LogP contribution in [0.15, 0.2) is 5.16 Å². The van der Waals surface area contributed by atoms with E-state index in [0.29, 0.717) is 23.6 Å². The molecule has 7 heteroatoms. The summed E-state index contributed by atoms with van der Waals surface area (Å²) >= 11 is 1.45. The Labute approximate surface area is 130 Å². The van der Waals surface area contributed by atoms with Crippen molar-refractivity contribution in [2.45, 2.75) is 51.7 Å². The Bertz CT molecular complexity index is 460. The van der Waals surface area contributed by atoms with Crippen molar-refractivity contribution in [2.24, 2.45) is 11.8 Å². The maximum absolute atomic E-state index is 12.4. The standard InChI is InChI=1S/C14H25N5OS/c1-10(2)7-18(8-11(3)4)13(20)9-21-14-15-16-17-19(14)12-5-6-12/h10-12H,5-9H2,1-4H3. The molecule has 0 aliphatic heterocycles. The average Bonchev–Trinajstić information content (AvgIpc) is 3.13. The van der Waals surface area contributed by atoms with Crippen molar-refractivity contribution < 1.29 is 4.79 Å². The lowest BCUT2D eigenvalue weighted by molar-refractivity contribution is -0.129. The van der Waals surface area contributed by atoms with Crippen LogP contribution in [-0.2, 0) is 4.79 Å². The van der Waals surface area contributed by atoms with E-state index in [4.69, 9.17) is 0 Å². The number of carbonyl (C=O) groups is 1. The topological polar surface area (TPSA) is 63.9 Å². The zero-order valence-corrected chi connectivity index (χ0v) is 14.1. The largest absolute Gasteiger partial charge is 0.341 e. The zero-order valence-electron chi connectivity index (χ0n) is 13.3. The Morgan fingerprint density at radius 2 is 1.90 bits per heavy atom. The normalized spacial score (nSPS) is 15.0. The van der Waals surface area contributed by atoms with Crippen molar-refractivity contribution in [3.05, 3.63) is 0 Å². The first-order valence-corrected chi connectivity index (χ1v) is 8.64. The molecule has 0 radical (unpaired) electrons. The van der Waals surface area contributed by atoms with Crippen LogP contribution in [0.1, 0.15) is 46.6 Å². The summed E-state index contributed by atoms with van der Waals surface area (Å²) in [5, 5.41) is 12.5. The highest BCUT2D eigenvalue weighted by Crippen LogP contribution is 2.36. The second-order valence-electron chi connectivity index (χ2n) is 6.51. The fourth-order valence-corrected chi connectivity index (χ4v) is 3.05. The van der Waals surface area contributed by atoms with Gasteiger partial charge < -0.3 is 4.90 Å². The molecule has 118 valence electrons. The van der Waals surface area contributed by atoms with Gasteiger partial charge in [0.2, 0.25) is 11.1 Å². The van der Waals surface area contributed by atoms with Gasteiger partial charge in [-0.25, -0.2) is 4.68 Å². The van der Waals surface area contributed by atoms with Crippen LogP contribution in [0.5, 0.6) is 0 Å². The monoisotopic (exact) mass is 311 g/mol. The number of hydrogen-bond acceptors (Lipinski definition) is 5. The van der Waals surface area contributed by atoms with E-state index < -0.39 is 0 Å². The first-order chi connectivity index (χ1) is 9.97. The van der Waals surface area contributed by atoms with E-state index in [-0.39, 0.29) is 5.91 Å². The number of tetrazole rings is 1. The minimum absolute atomic E-state index is 0.174.